The minimum Gasteiger partial charge on any atom is -0.475 e. The van der Waals surface area contributed by atoms with E-state index in [9.17, 15) is 0 Å². The zero-order valence-corrected chi connectivity index (χ0v) is 17.2. The highest BCUT2D eigenvalue weighted by Crippen LogP contribution is 2.38. The molecule has 0 saturated heterocycles. The number of rotatable bonds is 2. The molecule has 2 heterocycles. The van der Waals surface area contributed by atoms with Gasteiger partial charge in [0.15, 0.2) is 0 Å². The Morgan fingerprint density at radius 2 is 1.11 bits per heavy atom. The Morgan fingerprint density at radius 1 is 0.704 bits per heavy atom. The Bertz CT molecular complexity index is 781. The van der Waals surface area contributed by atoms with Gasteiger partial charge in [-0.05, 0) is 71.5 Å². The van der Waals surface area contributed by atoms with E-state index >= 15 is 0 Å². The molecule has 4 atom stereocenters. The molecule has 0 amide bonds. The number of ether oxygens (including phenoxy) is 2. The summed E-state index contributed by atoms with van der Waals surface area (Å²) in [7, 11) is 4.24. The largest absolute Gasteiger partial charge is 0.475 e. The first-order valence-corrected chi connectivity index (χ1v) is 9.88. The number of fused-ring (bicyclic) bond motifs is 2. The predicted molar refractivity (Wildman–Crippen MR) is 108 cm³/mol. The van der Waals surface area contributed by atoms with Crippen LogP contribution in [-0.4, -0.2) is 36.4 Å². The second-order valence-electron chi connectivity index (χ2n) is 8.04. The first kappa shape index (κ1) is 18.3. The number of hydrogen-bond donors (Lipinski definition) is 0. The van der Waals surface area contributed by atoms with Crippen LogP contribution in [0.15, 0.2) is 36.4 Å². The molecule has 2 aliphatic rings. The Balaban J connectivity index is 1.61. The molecule has 0 bridgehead atoms. The van der Waals surface area contributed by atoms with E-state index in [1.807, 2.05) is 0 Å². The van der Waals surface area contributed by atoms with Crippen molar-refractivity contribution in [2.75, 3.05) is 14.1 Å². The van der Waals surface area contributed by atoms with E-state index in [-0.39, 0.29) is 12.5 Å². The quantitative estimate of drug-likeness (QED) is 0.766. The van der Waals surface area contributed by atoms with Gasteiger partial charge in [-0.2, -0.15) is 0 Å². The molecule has 27 heavy (non-hydrogen) atoms. The third-order valence-corrected chi connectivity index (χ3v) is 6.42. The fourth-order valence-electron chi connectivity index (χ4n) is 4.12. The zero-order chi connectivity index (χ0) is 19.3. The van der Waals surface area contributed by atoms with Crippen molar-refractivity contribution in [1.29, 1.82) is 0 Å². The molecule has 0 aromatic heterocycles. The normalized spacial score (nSPS) is 28.1. The van der Waals surface area contributed by atoms with Gasteiger partial charge in [0, 0.05) is 23.2 Å². The number of hydrogen-bond acceptors (Lipinski definition) is 4. The van der Waals surface area contributed by atoms with Crippen LogP contribution < -0.4 is 9.47 Å². The van der Waals surface area contributed by atoms with Gasteiger partial charge in [0.1, 0.15) is 24.0 Å². The van der Waals surface area contributed by atoms with Crippen LogP contribution in [0.25, 0.3) is 0 Å². The fourth-order valence-corrected chi connectivity index (χ4v) is 4.12. The Labute approximate surface area is 162 Å². The van der Waals surface area contributed by atoms with Gasteiger partial charge in [-0.3, -0.25) is 9.80 Å². The Morgan fingerprint density at radius 3 is 1.52 bits per heavy atom. The number of nitrogens with zero attached hydrogens (tertiary/aromatic N) is 2. The average Bonchev–Trinajstić information content (AvgIpc) is 2.65. The molecule has 144 valence electrons. The van der Waals surface area contributed by atoms with Crippen LogP contribution in [0.2, 0.25) is 0 Å². The van der Waals surface area contributed by atoms with Gasteiger partial charge in [0.25, 0.3) is 0 Å². The average molecular weight is 367 g/mol. The van der Waals surface area contributed by atoms with Crippen molar-refractivity contribution in [2.45, 2.75) is 58.7 Å². The minimum atomic E-state index is 0.111. The molecule has 0 saturated carbocycles. The molecule has 0 spiro atoms. The SMILES string of the molecule is CC1Oc2ccc(Cc3ccc4c(c3)C(C)N(C)C(C)O4)cc2C(C)N1C. The summed E-state index contributed by atoms with van der Waals surface area (Å²) in [5, 5.41) is 0. The van der Waals surface area contributed by atoms with Crippen LogP contribution in [0.5, 0.6) is 11.5 Å². The topological polar surface area (TPSA) is 24.9 Å². The third-order valence-electron chi connectivity index (χ3n) is 6.42. The summed E-state index contributed by atoms with van der Waals surface area (Å²) < 4.78 is 12.1. The van der Waals surface area contributed by atoms with E-state index in [1.54, 1.807) is 0 Å². The van der Waals surface area contributed by atoms with Crippen molar-refractivity contribution < 1.29 is 9.47 Å². The highest BCUT2D eigenvalue weighted by molar-refractivity contribution is 5.45. The smallest absolute Gasteiger partial charge is 0.150 e. The molecule has 0 radical (unpaired) electrons. The molecule has 2 aromatic rings. The van der Waals surface area contributed by atoms with Crippen molar-refractivity contribution in [2.24, 2.45) is 0 Å². The first-order chi connectivity index (χ1) is 12.8. The molecular formula is C23H30N2O2. The fraction of sp³-hybridized carbons (Fsp3) is 0.478. The summed E-state index contributed by atoms with van der Waals surface area (Å²) in [6, 6.07) is 14.0. The predicted octanol–water partition coefficient (Wildman–Crippen LogP) is 4.74. The van der Waals surface area contributed by atoms with Crippen molar-refractivity contribution >= 4 is 0 Å². The molecule has 0 aliphatic carbocycles. The lowest BCUT2D eigenvalue weighted by atomic mass is 9.95. The van der Waals surface area contributed by atoms with Crippen LogP contribution >= 0.6 is 0 Å². The summed E-state index contributed by atoms with van der Waals surface area (Å²) in [5.74, 6) is 2.03. The van der Waals surface area contributed by atoms with Gasteiger partial charge in [0.2, 0.25) is 0 Å². The van der Waals surface area contributed by atoms with Crippen molar-refractivity contribution in [3.8, 4) is 11.5 Å². The van der Waals surface area contributed by atoms with E-state index in [0.717, 1.165) is 17.9 Å². The first-order valence-electron chi connectivity index (χ1n) is 9.88. The van der Waals surface area contributed by atoms with E-state index in [0.29, 0.717) is 12.1 Å². The molecule has 4 nitrogen and oxygen atoms in total. The summed E-state index contributed by atoms with van der Waals surface area (Å²) >= 11 is 0. The second kappa shape index (κ2) is 6.84. The lowest BCUT2D eigenvalue weighted by Crippen LogP contribution is -2.40. The summed E-state index contributed by atoms with van der Waals surface area (Å²) in [6.45, 7) is 8.69. The summed E-state index contributed by atoms with van der Waals surface area (Å²) in [4.78, 5) is 4.53. The second-order valence-corrected chi connectivity index (χ2v) is 8.04. The zero-order valence-electron chi connectivity index (χ0n) is 17.2. The summed E-state index contributed by atoms with van der Waals surface area (Å²) in [5.41, 5.74) is 5.18. The van der Waals surface area contributed by atoms with Gasteiger partial charge < -0.3 is 9.47 Å². The van der Waals surface area contributed by atoms with Crippen LogP contribution in [0.1, 0.15) is 62.0 Å². The van der Waals surface area contributed by atoms with Crippen molar-refractivity contribution in [1.82, 2.24) is 9.80 Å². The molecule has 4 unspecified atom stereocenters. The molecule has 2 aromatic carbocycles. The minimum absolute atomic E-state index is 0.111. The van der Waals surface area contributed by atoms with Crippen molar-refractivity contribution in [3.05, 3.63) is 58.7 Å². The van der Waals surface area contributed by atoms with E-state index in [2.05, 4.69) is 88.0 Å². The maximum atomic E-state index is 6.03. The molecule has 2 aliphatic heterocycles. The standard InChI is InChI=1S/C23H30N2O2/c1-14-20-12-18(7-9-22(20)26-16(3)24(14)5)11-19-8-10-23-21(13-19)15(2)25(6)17(4)27-23/h7-10,12-17H,11H2,1-6H3. The third kappa shape index (κ3) is 3.21. The van der Waals surface area contributed by atoms with Gasteiger partial charge >= 0.3 is 0 Å². The molecule has 4 heteroatoms. The lowest BCUT2D eigenvalue weighted by Gasteiger charge is -2.38. The highest BCUT2D eigenvalue weighted by Gasteiger charge is 2.29. The van der Waals surface area contributed by atoms with Crippen LogP contribution in [-0.2, 0) is 6.42 Å². The Hall–Kier alpha value is -2.04. The van der Waals surface area contributed by atoms with Crippen molar-refractivity contribution in [3.63, 3.8) is 0 Å². The van der Waals surface area contributed by atoms with Crippen LogP contribution in [0.3, 0.4) is 0 Å². The van der Waals surface area contributed by atoms with Crippen LogP contribution in [0.4, 0.5) is 0 Å². The summed E-state index contributed by atoms with van der Waals surface area (Å²) in [6.07, 6.45) is 1.14. The molecular weight excluding hydrogens is 336 g/mol. The highest BCUT2D eigenvalue weighted by atomic mass is 16.5. The maximum absolute atomic E-state index is 6.03. The number of benzene rings is 2. The Kier molecular flexibility index (Phi) is 4.65. The van der Waals surface area contributed by atoms with E-state index in [4.69, 9.17) is 9.47 Å². The van der Waals surface area contributed by atoms with Gasteiger partial charge in [-0.1, -0.05) is 24.3 Å². The van der Waals surface area contributed by atoms with Gasteiger partial charge in [0.05, 0.1) is 0 Å². The lowest BCUT2D eigenvalue weighted by molar-refractivity contribution is 0.0101. The van der Waals surface area contributed by atoms with Crippen LogP contribution in [0, 0.1) is 0 Å². The maximum Gasteiger partial charge on any atom is 0.150 e. The van der Waals surface area contributed by atoms with E-state index in [1.165, 1.54) is 22.3 Å². The molecule has 4 rings (SSSR count). The van der Waals surface area contributed by atoms with E-state index < -0.39 is 0 Å². The van der Waals surface area contributed by atoms with Gasteiger partial charge in [-0.15, -0.1) is 0 Å². The monoisotopic (exact) mass is 366 g/mol. The van der Waals surface area contributed by atoms with Gasteiger partial charge in [-0.25, -0.2) is 0 Å². The molecule has 0 fully saturated rings. The molecule has 0 N–H and O–H groups in total.